The minimum absolute atomic E-state index is 0. The molecule has 1 aliphatic rings. The topological polar surface area (TPSA) is 109 Å². The number of aliphatic carboxylic acids is 1. The Balaban J connectivity index is 0.00000240. The second kappa shape index (κ2) is 21.2. The van der Waals surface area contributed by atoms with E-state index in [4.69, 9.17) is 44.5 Å². The molecule has 0 radical (unpaired) electrons. The summed E-state index contributed by atoms with van der Waals surface area (Å²) in [5, 5.41) is 17.4. The second-order valence-corrected chi connectivity index (χ2v) is 14.4. The van der Waals surface area contributed by atoms with Gasteiger partial charge in [0.05, 0.1) is 27.7 Å². The van der Waals surface area contributed by atoms with Gasteiger partial charge < -0.3 is 24.9 Å². The van der Waals surface area contributed by atoms with E-state index >= 15 is 0 Å². The molecule has 14 heteroatoms. The van der Waals surface area contributed by atoms with E-state index in [1.165, 1.54) is 0 Å². The van der Waals surface area contributed by atoms with Crippen LogP contribution in [0.3, 0.4) is 0 Å². The summed E-state index contributed by atoms with van der Waals surface area (Å²) in [7, 11) is 0. The maximum atomic E-state index is 13.9. The molecular weight excluding hydrogens is 866 g/mol. The molecule has 0 unspecified atom stereocenters. The van der Waals surface area contributed by atoms with Gasteiger partial charge in [0.25, 0.3) is 0 Å². The van der Waals surface area contributed by atoms with Crippen molar-refractivity contribution in [3.63, 3.8) is 0 Å². The van der Waals surface area contributed by atoms with E-state index in [1.54, 1.807) is 24.3 Å². The van der Waals surface area contributed by atoms with Crippen LogP contribution < -0.4 is 4.74 Å². The molecule has 2 N–H and O–H groups in total. The number of halogens is 3. The van der Waals surface area contributed by atoms with Crippen LogP contribution in [-0.4, -0.2) is 51.2 Å². The number of aromatic amines is 1. The van der Waals surface area contributed by atoms with Gasteiger partial charge in [0.15, 0.2) is 6.04 Å². The minimum atomic E-state index is -1.17. The van der Waals surface area contributed by atoms with E-state index in [0.717, 1.165) is 40.6 Å². The summed E-state index contributed by atoms with van der Waals surface area (Å²) in [4.78, 5) is 37.0. The van der Waals surface area contributed by atoms with Crippen LogP contribution in [0.1, 0.15) is 40.7 Å². The number of rotatable bonds is 13. The maximum Gasteiger partial charge on any atom is 0.328 e. The average molecular weight is 906 g/mol. The van der Waals surface area contributed by atoms with Gasteiger partial charge in [-0.25, -0.2) is 4.79 Å². The fourth-order valence-electron chi connectivity index (χ4n) is 6.77. The molecule has 57 heavy (non-hydrogen) atoms. The quantitative estimate of drug-likeness (QED) is 0.0886. The number of ether oxygens (including phenoxy) is 1. The van der Waals surface area contributed by atoms with Crippen LogP contribution in [0.2, 0.25) is 15.1 Å². The zero-order chi connectivity index (χ0) is 37.6. The van der Waals surface area contributed by atoms with E-state index < -0.39 is 18.1 Å². The van der Waals surface area contributed by atoms with Gasteiger partial charge >= 0.3 is 5.97 Å². The Kier molecular flexibility index (Phi) is 17.0. The van der Waals surface area contributed by atoms with Gasteiger partial charge in [-0.3, -0.25) is 9.89 Å². The number of likely N-dealkylation sites (tertiary alicyclic amines) is 1. The Labute approximate surface area is 370 Å². The number of fused-ring (bicyclic) bond motifs is 1. The van der Waals surface area contributed by atoms with Crippen LogP contribution in [0.15, 0.2) is 126 Å². The fraction of sp³-hybridized carbons (Fsp3) is 0.186. The van der Waals surface area contributed by atoms with E-state index in [2.05, 4.69) is 15.2 Å². The van der Waals surface area contributed by atoms with Crippen molar-refractivity contribution in [3.05, 3.63) is 170 Å². The van der Waals surface area contributed by atoms with Crippen LogP contribution in [-0.2, 0) is 45.7 Å². The van der Waals surface area contributed by atoms with Crippen LogP contribution in [0.5, 0.6) is 5.75 Å². The van der Waals surface area contributed by atoms with E-state index in [-0.39, 0.29) is 55.8 Å². The number of carboxylic acid groups (broad SMARTS) is 1. The summed E-state index contributed by atoms with van der Waals surface area (Å²) in [5.74, 6) is -0.703. The first-order chi connectivity index (χ1) is 26.2. The molecule has 1 amide bonds. The molecule has 0 saturated carbocycles. The van der Waals surface area contributed by atoms with Crippen LogP contribution in [0.25, 0.3) is 16.2 Å². The second-order valence-electron chi connectivity index (χ2n) is 13.2. The van der Waals surface area contributed by atoms with Crippen molar-refractivity contribution in [3.8, 4) is 5.75 Å². The van der Waals surface area contributed by atoms with Gasteiger partial charge in [0, 0.05) is 63.2 Å². The van der Waals surface area contributed by atoms with E-state index in [0.29, 0.717) is 62.9 Å². The molecular formula is C43H40Cl3N4NiO4S2-. The summed E-state index contributed by atoms with van der Waals surface area (Å²) < 4.78 is 6.01. The first-order valence-corrected chi connectivity index (χ1v) is 18.7. The van der Waals surface area contributed by atoms with Crippen LogP contribution >= 0.6 is 61.8 Å². The molecule has 6 aromatic rings. The Morgan fingerprint density at radius 2 is 1.61 bits per heavy atom. The van der Waals surface area contributed by atoms with E-state index in [1.807, 2.05) is 97.2 Å². The number of H-pyrrole nitrogens is 1. The summed E-state index contributed by atoms with van der Waals surface area (Å²) in [5.41, 5.74) is 5.46. The fourth-order valence-corrected chi connectivity index (χ4v) is 7.26. The summed E-state index contributed by atoms with van der Waals surface area (Å²) >= 11 is 19.0. The summed E-state index contributed by atoms with van der Waals surface area (Å²) in [6.07, 6.45) is 3.41. The van der Waals surface area contributed by atoms with Crippen molar-refractivity contribution in [2.75, 3.05) is 6.54 Å². The predicted molar refractivity (Wildman–Crippen MR) is 236 cm³/mol. The Hall–Kier alpha value is -3.93. The number of carbonyl (C=O) groups is 2. The smallest absolute Gasteiger partial charge is 0.328 e. The molecule has 5 aromatic carbocycles. The SMILES string of the molecule is O=C(O)[C@H](Cc1c[nH]c2cc(OCc3ccccc3)ccc12)N=C(c1ccccc1)c1cc(Cl)ccc1[N-]C(=O)[C@@H]1CCCN1Cc1ccc(Cl)c(Cl)c1.S.S.[Ni]. The van der Waals surface area contributed by atoms with Crippen molar-refractivity contribution < 1.29 is 35.9 Å². The molecule has 0 spiro atoms. The number of benzene rings is 5. The van der Waals surface area contributed by atoms with E-state index in [9.17, 15) is 14.7 Å². The average Bonchev–Trinajstić information content (AvgIpc) is 3.82. The number of nitrogens with one attached hydrogen (secondary N) is 1. The normalized spacial score (nSPS) is 14.5. The number of amides is 1. The first-order valence-electron chi connectivity index (χ1n) is 17.6. The van der Waals surface area contributed by atoms with Gasteiger partial charge in [0.1, 0.15) is 12.4 Å². The Morgan fingerprint density at radius 1 is 0.877 bits per heavy atom. The number of aromatic nitrogens is 1. The molecule has 1 fully saturated rings. The maximum absolute atomic E-state index is 13.9. The molecule has 1 aromatic heterocycles. The van der Waals surface area contributed by atoms with Crippen molar-refractivity contribution in [2.45, 2.75) is 44.5 Å². The first kappa shape index (κ1) is 45.8. The third kappa shape index (κ3) is 11.4. The summed E-state index contributed by atoms with van der Waals surface area (Å²) in [6, 6.07) is 33.8. The molecule has 7 rings (SSSR count). The van der Waals surface area contributed by atoms with Gasteiger partial charge in [-0.1, -0.05) is 108 Å². The number of carboxylic acids is 1. The third-order valence-corrected chi connectivity index (χ3v) is 10.5. The number of hydrogen-bond acceptors (Lipinski definition) is 5. The molecule has 2 heterocycles. The van der Waals surface area contributed by atoms with Crippen LogP contribution in [0.4, 0.5) is 5.69 Å². The number of nitrogens with zero attached hydrogens (tertiary/aromatic N) is 3. The molecule has 0 bridgehead atoms. The van der Waals surface area contributed by atoms with Crippen LogP contribution in [0, 0.1) is 0 Å². The predicted octanol–water partition coefficient (Wildman–Crippen LogP) is 10.7. The number of carbonyl (C=O) groups excluding carboxylic acids is 1. The molecule has 8 nitrogen and oxygen atoms in total. The molecule has 1 saturated heterocycles. The minimum Gasteiger partial charge on any atom is -0.625 e. The third-order valence-electron chi connectivity index (χ3n) is 9.48. The van der Waals surface area contributed by atoms with Gasteiger partial charge in [-0.05, 0) is 78.0 Å². The Morgan fingerprint density at radius 3 is 2.33 bits per heavy atom. The van der Waals surface area contributed by atoms with Gasteiger partial charge in [0.2, 0.25) is 0 Å². The van der Waals surface area contributed by atoms with Crippen molar-refractivity contribution in [2.24, 2.45) is 4.99 Å². The Bertz CT molecular complexity index is 2330. The zero-order valence-corrected chi connectivity index (χ0v) is 35.7. The molecule has 2 atom stereocenters. The largest absolute Gasteiger partial charge is 0.625 e. The van der Waals surface area contributed by atoms with Gasteiger partial charge in [-0.15, -0.1) is 5.69 Å². The molecule has 1 aliphatic heterocycles. The zero-order valence-electron chi connectivity index (χ0n) is 30.4. The monoisotopic (exact) mass is 903 g/mol. The van der Waals surface area contributed by atoms with Crippen molar-refractivity contribution in [1.82, 2.24) is 9.88 Å². The number of aliphatic imine (C=N–C) groups is 1. The van der Waals surface area contributed by atoms with Crippen molar-refractivity contribution >= 4 is 96.0 Å². The molecule has 300 valence electrons. The molecule has 0 aliphatic carbocycles. The van der Waals surface area contributed by atoms with Crippen molar-refractivity contribution in [1.29, 1.82) is 0 Å². The number of hydrogen-bond donors (Lipinski definition) is 2. The van der Waals surface area contributed by atoms with Gasteiger partial charge in [-0.2, -0.15) is 27.0 Å². The standard InChI is InChI=1S/C43H37Cl3N4O4.Ni.2H2S/c44-31-14-18-37(49-42(51)40-12-7-19-50(40)25-28-13-17-35(45)36(46)20-28)34(22-31)41(29-10-5-2-6-11-29)48-39(43(52)53)21-30-24-47-38-23-32(15-16-33(30)38)54-26-27-8-3-1-4-9-27;;;/h1-6,8-11,13-18,20,22-24,39-40,47H,7,12,19,21,25-26H2,(H2,48,49,51,52,53);;2*1H2/p-1/t39-,40-;;;/m0.../s1. The summed E-state index contributed by atoms with van der Waals surface area (Å²) in [6.45, 7) is 1.68.